The van der Waals surface area contributed by atoms with Gasteiger partial charge in [-0.05, 0) is 221 Å². The molecule has 3 heterocycles. The number of carbonyl (C=O) groups is 2. The second-order valence-electron chi connectivity index (χ2n) is 31.7. The van der Waals surface area contributed by atoms with Crippen LogP contribution in [0.5, 0.6) is 0 Å². The first-order valence-corrected chi connectivity index (χ1v) is 33.1. The summed E-state index contributed by atoms with van der Waals surface area (Å²) < 4.78 is 36.4. The molecule has 2 spiro atoms. The molecule has 4 N–H and O–H groups in total. The maximum atomic E-state index is 12.3. The molecule has 12 nitrogen and oxygen atoms in total. The number of allylic oxidation sites excluding steroid dienone is 3. The highest BCUT2D eigenvalue weighted by molar-refractivity contribution is 5.91. The van der Waals surface area contributed by atoms with Crippen molar-refractivity contribution in [3.63, 3.8) is 0 Å². The van der Waals surface area contributed by atoms with Gasteiger partial charge in [0.15, 0.2) is 23.1 Å². The molecule has 0 aromatic heterocycles. The maximum absolute atomic E-state index is 12.3. The topological polar surface area (TPSA) is 170 Å². The molecular weight excluding hydrogens is 1020 g/mol. The summed E-state index contributed by atoms with van der Waals surface area (Å²) in [5, 5.41) is 44.5. The Bertz CT molecular complexity index is 2530. The summed E-state index contributed by atoms with van der Waals surface area (Å²) in [6.07, 6.45) is 26.4. The minimum atomic E-state index is -0.482. The summed E-state index contributed by atoms with van der Waals surface area (Å²) in [7, 11) is 0. The zero-order valence-corrected chi connectivity index (χ0v) is 51.1. The number of Topliss-reactive ketones (excluding diaryl/α,β-unsaturated/α-hetero) is 1. The predicted molar refractivity (Wildman–Crippen MR) is 307 cm³/mol. The van der Waals surface area contributed by atoms with Crippen LogP contribution in [0.25, 0.3) is 0 Å². The molecule has 12 heteroatoms. The van der Waals surface area contributed by atoms with E-state index in [2.05, 4.69) is 60.6 Å². The van der Waals surface area contributed by atoms with Crippen LogP contribution in [0.2, 0.25) is 0 Å². The third-order valence-corrected chi connectivity index (χ3v) is 28.2. The molecule has 0 aromatic rings. The van der Waals surface area contributed by atoms with Gasteiger partial charge in [-0.2, -0.15) is 0 Å². The van der Waals surface area contributed by atoms with Gasteiger partial charge in [0.1, 0.15) is 5.78 Å². The third-order valence-electron chi connectivity index (χ3n) is 28.2. The second kappa shape index (κ2) is 20.4. The number of carbonyl (C=O) groups excluding carboxylic acids is 2. The molecule has 81 heavy (non-hydrogen) atoms. The Morgan fingerprint density at radius 3 is 1.53 bits per heavy atom. The highest BCUT2D eigenvalue weighted by Gasteiger charge is 2.68. The van der Waals surface area contributed by atoms with Crippen molar-refractivity contribution in [1.82, 2.24) is 0 Å². The van der Waals surface area contributed by atoms with Gasteiger partial charge in [0.25, 0.3) is 0 Å². The van der Waals surface area contributed by atoms with Crippen molar-refractivity contribution >= 4 is 11.6 Å². The predicted octanol–water partition coefficient (Wildman–Crippen LogP) is 11.4. The van der Waals surface area contributed by atoms with Gasteiger partial charge in [0.05, 0.1) is 64.1 Å². The Morgan fingerprint density at radius 1 is 0.531 bits per heavy atom. The molecule has 0 bridgehead atoms. The fourth-order valence-corrected chi connectivity index (χ4v) is 24.7. The van der Waals surface area contributed by atoms with E-state index in [0.717, 1.165) is 116 Å². The molecule has 3 aliphatic heterocycles. The van der Waals surface area contributed by atoms with Gasteiger partial charge >= 0.3 is 0 Å². The van der Waals surface area contributed by atoms with E-state index in [4.69, 9.17) is 28.4 Å². The summed E-state index contributed by atoms with van der Waals surface area (Å²) >= 11 is 0. The van der Waals surface area contributed by atoms with Gasteiger partial charge in [-0.3, -0.25) is 9.59 Å². The Balaban J connectivity index is 0.000000115. The van der Waals surface area contributed by atoms with Crippen molar-refractivity contribution < 1.29 is 58.4 Å². The lowest BCUT2D eigenvalue weighted by Gasteiger charge is -2.61. The molecule has 3 saturated heterocycles. The maximum Gasteiger partial charge on any atom is 0.172 e. The van der Waals surface area contributed by atoms with Crippen LogP contribution in [-0.4, -0.2) is 113 Å². The second-order valence-corrected chi connectivity index (χ2v) is 31.7. The van der Waals surface area contributed by atoms with Crippen LogP contribution in [0.3, 0.4) is 0 Å². The number of hydrogen-bond acceptors (Lipinski definition) is 12. The zero-order valence-electron chi connectivity index (χ0n) is 51.1. The van der Waals surface area contributed by atoms with Crippen molar-refractivity contribution in [2.45, 2.75) is 239 Å². The van der Waals surface area contributed by atoms with Gasteiger partial charge in [-0.15, -0.1) is 0 Å². The molecule has 452 valence electrons. The number of ether oxygens (including phenoxy) is 6. The minimum absolute atomic E-state index is 0.000487. The van der Waals surface area contributed by atoms with Gasteiger partial charge < -0.3 is 48.8 Å². The molecule has 12 fully saturated rings. The summed E-state index contributed by atoms with van der Waals surface area (Å²) in [5.41, 5.74) is 4.44. The lowest BCUT2D eigenvalue weighted by molar-refractivity contribution is -0.227. The SMILES string of the molecule is CC(=O)[C@H]1CC[C@H]2[C@@H]3CC=C4CC5(CC[C@]4(C)[C@H]3[C@@H](O)C[C@]12C)OCCO5.CC(O)[C@H]1CC[C@H]2[C@@H]3CCC4=CC(=O)CC[C@]4(C)[C@H]3[C@@H](O)C[C@]12C.CC1([C@H]2CC[C@H]3[C@@H]4CC=C5CC6(CC[C@]5(C)[C@H]4[C@@H](O)C[C@]23C)OCCO6)OCCO1. The number of ketones is 2. The van der Waals surface area contributed by atoms with E-state index in [0.29, 0.717) is 111 Å². The fraction of sp³-hybridized carbons (Fsp3) is 0.884. The standard InChI is InChI=1S/C25H38O5.C23H34O4.C21H32O3/c1-22-8-9-25(29-12-13-30-25)14-16(22)4-5-17-18-6-7-20(24(3)27-10-11-28-24)23(18,2)15-19(26)21(17)22;1-14(24)17-6-7-18-16-5-4-15-12-23(26-10-11-27-23)9-8-21(15,2)20(16)19(25)13-22(17,18)3;1-12(22)16-6-7-17-15-5-4-13-10-14(23)8-9-20(13,2)19(15)18(24)11-21(16,17)3/h4,17-21,26H,5-15H2,1-3H3;4,16-20,25H,5-13H2,1-3H3;10,12,15-19,22,24H,4-9,11H2,1-3H3/t17-,18-,19-,20-,21+,22-,23-;16-,17+,18-,19-,20+,21-,22+;12?,15-,16+,17-,18-,19+,20-,21+/m000/s1. The summed E-state index contributed by atoms with van der Waals surface area (Å²) in [6.45, 7) is 24.1. The molecule has 15 rings (SSSR count). The Morgan fingerprint density at radius 2 is 0.988 bits per heavy atom. The van der Waals surface area contributed by atoms with Gasteiger partial charge in [-0.25, -0.2) is 0 Å². The van der Waals surface area contributed by atoms with E-state index in [1.54, 1.807) is 6.92 Å². The average Bonchev–Trinajstić information content (AvgIpc) is 2.74. The summed E-state index contributed by atoms with van der Waals surface area (Å²) in [6, 6.07) is 0. The normalized spacial score (nSPS) is 51.3. The lowest BCUT2D eigenvalue weighted by atomic mass is 9.46. The van der Waals surface area contributed by atoms with E-state index >= 15 is 0 Å². The first kappa shape index (κ1) is 58.2. The first-order valence-electron chi connectivity index (χ1n) is 33.1. The Hall–Kier alpha value is -1.84. The van der Waals surface area contributed by atoms with Crippen LogP contribution in [-0.2, 0) is 38.0 Å². The number of rotatable bonds is 3. The summed E-state index contributed by atoms with van der Waals surface area (Å²) in [5.74, 6) is 4.43. The van der Waals surface area contributed by atoms with E-state index in [1.165, 1.54) is 29.6 Å². The van der Waals surface area contributed by atoms with Gasteiger partial charge in [0.2, 0.25) is 0 Å². The minimum Gasteiger partial charge on any atom is -0.393 e. The molecule has 12 aliphatic carbocycles. The van der Waals surface area contributed by atoms with Crippen LogP contribution >= 0.6 is 0 Å². The number of hydrogen-bond donors (Lipinski definition) is 4. The number of aliphatic hydroxyl groups is 4. The van der Waals surface area contributed by atoms with E-state index in [-0.39, 0.29) is 74.5 Å². The monoisotopic (exact) mass is 1120 g/mol. The lowest BCUT2D eigenvalue weighted by Crippen LogP contribution is -2.59. The van der Waals surface area contributed by atoms with Crippen molar-refractivity contribution in [3.05, 3.63) is 34.9 Å². The highest BCUT2D eigenvalue weighted by atomic mass is 16.7. The first-order chi connectivity index (χ1) is 38.4. The molecule has 15 aliphatic rings. The van der Waals surface area contributed by atoms with Crippen molar-refractivity contribution in [2.24, 2.45) is 104 Å². The molecule has 0 amide bonds. The molecule has 9 saturated carbocycles. The Labute approximate surface area is 485 Å². The van der Waals surface area contributed by atoms with Gasteiger partial charge in [0, 0.05) is 43.9 Å². The zero-order chi connectivity index (χ0) is 57.1. The largest absolute Gasteiger partial charge is 0.393 e. The highest BCUT2D eigenvalue weighted by Crippen LogP contribution is 2.71. The average molecular weight is 1130 g/mol. The molecular formula is C69H104O12. The van der Waals surface area contributed by atoms with E-state index in [9.17, 15) is 30.0 Å². The van der Waals surface area contributed by atoms with Gasteiger partial charge in [-0.1, -0.05) is 70.4 Å². The van der Waals surface area contributed by atoms with Crippen molar-refractivity contribution in [3.8, 4) is 0 Å². The smallest absolute Gasteiger partial charge is 0.172 e. The van der Waals surface area contributed by atoms with Crippen molar-refractivity contribution in [2.75, 3.05) is 39.6 Å². The molecule has 22 atom stereocenters. The molecule has 0 aromatic carbocycles. The fourth-order valence-electron chi connectivity index (χ4n) is 24.7. The van der Waals surface area contributed by atoms with Crippen LogP contribution in [0.4, 0.5) is 0 Å². The quantitative estimate of drug-likeness (QED) is 0.198. The van der Waals surface area contributed by atoms with Crippen LogP contribution in [0.15, 0.2) is 34.9 Å². The Kier molecular flexibility index (Phi) is 14.6. The van der Waals surface area contributed by atoms with Crippen LogP contribution < -0.4 is 0 Å². The summed E-state index contributed by atoms with van der Waals surface area (Å²) in [4.78, 5) is 24.2. The van der Waals surface area contributed by atoms with E-state index in [1.807, 2.05) is 13.0 Å². The van der Waals surface area contributed by atoms with E-state index < -0.39 is 17.4 Å². The molecule has 1 unspecified atom stereocenters. The number of fused-ring (bicyclic) bond motifs is 15. The third kappa shape index (κ3) is 8.86. The van der Waals surface area contributed by atoms with Crippen LogP contribution in [0.1, 0.15) is 197 Å². The number of aliphatic hydroxyl groups excluding tert-OH is 4. The van der Waals surface area contributed by atoms with Crippen molar-refractivity contribution in [1.29, 1.82) is 0 Å². The molecule has 0 radical (unpaired) electrons. The van der Waals surface area contributed by atoms with Crippen LogP contribution in [0, 0.1) is 104 Å².